The lowest BCUT2D eigenvalue weighted by molar-refractivity contribution is -0.124. The number of carbonyl (C=O) groups excluding carboxylic acids is 2. The van der Waals surface area contributed by atoms with Gasteiger partial charge in [0, 0.05) is 24.8 Å². The van der Waals surface area contributed by atoms with Gasteiger partial charge >= 0.3 is 0 Å². The van der Waals surface area contributed by atoms with Crippen LogP contribution in [0.3, 0.4) is 0 Å². The number of anilines is 1. The molecule has 0 radical (unpaired) electrons. The van der Waals surface area contributed by atoms with Gasteiger partial charge in [0.1, 0.15) is 5.78 Å². The summed E-state index contributed by atoms with van der Waals surface area (Å²) in [5, 5.41) is 2.77. The zero-order chi connectivity index (χ0) is 14.0. The van der Waals surface area contributed by atoms with Crippen LogP contribution in [0.2, 0.25) is 0 Å². The molecule has 2 rings (SSSR count). The van der Waals surface area contributed by atoms with Crippen LogP contribution < -0.4 is 5.32 Å². The molecule has 1 aliphatic heterocycles. The average molecular weight is 260 g/mol. The lowest BCUT2D eigenvalue weighted by Crippen LogP contribution is -2.24. The van der Waals surface area contributed by atoms with Gasteiger partial charge < -0.3 is 5.32 Å². The maximum atomic E-state index is 11.6. The highest BCUT2D eigenvalue weighted by molar-refractivity contribution is 6.03. The van der Waals surface area contributed by atoms with Gasteiger partial charge in [-0.2, -0.15) is 0 Å². The molecule has 1 aromatic carbocycles. The summed E-state index contributed by atoms with van der Waals surface area (Å²) < 4.78 is 0. The Morgan fingerprint density at radius 1 is 1.26 bits per heavy atom. The molecule has 0 saturated heterocycles. The Balaban J connectivity index is 2.05. The minimum Gasteiger partial charge on any atom is -0.326 e. The molecule has 1 aliphatic rings. The van der Waals surface area contributed by atoms with Crippen molar-refractivity contribution in [3.8, 4) is 0 Å². The van der Waals surface area contributed by atoms with Crippen molar-refractivity contribution in [2.75, 3.05) is 5.32 Å². The Kier molecular flexibility index (Phi) is 4.00. The van der Waals surface area contributed by atoms with Crippen molar-refractivity contribution in [3.63, 3.8) is 0 Å². The Morgan fingerprint density at radius 2 is 1.95 bits per heavy atom. The summed E-state index contributed by atoms with van der Waals surface area (Å²) >= 11 is 0. The van der Waals surface area contributed by atoms with Crippen LogP contribution in [0.25, 0.3) is 0 Å². The average Bonchev–Trinajstić information content (AvgIpc) is 2.70. The molecule has 1 N–H and O–H groups in total. The van der Waals surface area contributed by atoms with Crippen molar-refractivity contribution < 1.29 is 9.59 Å². The zero-order valence-electron chi connectivity index (χ0n) is 11.7. The maximum absolute atomic E-state index is 11.6. The minimum absolute atomic E-state index is 0.0603. The van der Waals surface area contributed by atoms with Crippen molar-refractivity contribution in [3.05, 3.63) is 29.3 Å². The van der Waals surface area contributed by atoms with Crippen LogP contribution in [0.4, 0.5) is 5.69 Å². The third kappa shape index (κ3) is 3.41. The van der Waals surface area contributed by atoms with Crippen molar-refractivity contribution in [1.29, 1.82) is 0 Å². The van der Waals surface area contributed by atoms with Crippen molar-refractivity contribution in [1.82, 2.24) is 4.90 Å². The van der Waals surface area contributed by atoms with Crippen molar-refractivity contribution in [2.24, 2.45) is 0 Å². The number of nitrogens with one attached hydrogen (secondary N) is 1. The van der Waals surface area contributed by atoms with Crippen LogP contribution in [0, 0.1) is 0 Å². The molecule has 1 heterocycles. The Bertz CT molecular complexity index is 509. The SMILES string of the molecule is CC(=O)CC(=O)Nc1ccc2c(c1)CN(C(C)C)C2. The summed E-state index contributed by atoms with van der Waals surface area (Å²) in [5.41, 5.74) is 3.35. The first-order valence-electron chi connectivity index (χ1n) is 6.61. The number of ketones is 1. The first kappa shape index (κ1) is 13.7. The Morgan fingerprint density at radius 3 is 2.58 bits per heavy atom. The van der Waals surface area contributed by atoms with Gasteiger partial charge in [-0.3, -0.25) is 14.5 Å². The smallest absolute Gasteiger partial charge is 0.231 e. The molecule has 1 amide bonds. The van der Waals surface area contributed by atoms with Gasteiger partial charge in [0.25, 0.3) is 0 Å². The third-order valence-corrected chi connectivity index (χ3v) is 3.38. The fourth-order valence-electron chi connectivity index (χ4n) is 2.30. The molecule has 0 fully saturated rings. The predicted molar refractivity (Wildman–Crippen MR) is 74.8 cm³/mol. The van der Waals surface area contributed by atoms with Crippen LogP contribution >= 0.6 is 0 Å². The lowest BCUT2D eigenvalue weighted by atomic mass is 10.1. The Labute approximate surface area is 113 Å². The number of hydrogen-bond acceptors (Lipinski definition) is 3. The van der Waals surface area contributed by atoms with Crippen LogP contribution in [-0.4, -0.2) is 22.6 Å². The molecule has 0 saturated carbocycles. The highest BCUT2D eigenvalue weighted by Gasteiger charge is 2.21. The normalized spacial score (nSPS) is 14.5. The molecule has 4 nitrogen and oxygen atoms in total. The fraction of sp³-hybridized carbons (Fsp3) is 0.467. The molecule has 0 bridgehead atoms. The van der Waals surface area contributed by atoms with Crippen LogP contribution in [0.1, 0.15) is 38.3 Å². The number of benzene rings is 1. The van der Waals surface area contributed by atoms with Crippen LogP contribution in [0.5, 0.6) is 0 Å². The molecule has 4 heteroatoms. The zero-order valence-corrected chi connectivity index (χ0v) is 11.7. The van der Waals surface area contributed by atoms with E-state index < -0.39 is 0 Å². The third-order valence-electron chi connectivity index (χ3n) is 3.38. The van der Waals surface area contributed by atoms with Crippen LogP contribution in [0.15, 0.2) is 18.2 Å². The number of nitrogens with zero attached hydrogens (tertiary/aromatic N) is 1. The summed E-state index contributed by atoms with van der Waals surface area (Å²) in [6.45, 7) is 7.67. The number of amides is 1. The fourth-order valence-corrected chi connectivity index (χ4v) is 2.30. The van der Waals surface area contributed by atoms with Gasteiger partial charge in [0.2, 0.25) is 5.91 Å². The number of hydrogen-bond donors (Lipinski definition) is 1. The van der Waals surface area contributed by atoms with Gasteiger partial charge in [-0.15, -0.1) is 0 Å². The van der Waals surface area contributed by atoms with E-state index in [0.29, 0.717) is 6.04 Å². The van der Waals surface area contributed by atoms with Crippen molar-refractivity contribution in [2.45, 2.75) is 46.3 Å². The second-order valence-corrected chi connectivity index (χ2v) is 5.41. The van der Waals surface area contributed by atoms with Crippen LogP contribution in [-0.2, 0) is 22.7 Å². The van der Waals surface area contributed by atoms with E-state index in [1.165, 1.54) is 18.1 Å². The van der Waals surface area contributed by atoms with Gasteiger partial charge in [0.05, 0.1) is 6.42 Å². The molecule has 0 unspecified atom stereocenters. The van der Waals surface area contributed by atoms with Gasteiger partial charge in [-0.05, 0) is 44.0 Å². The highest BCUT2D eigenvalue weighted by atomic mass is 16.2. The van der Waals surface area contributed by atoms with E-state index in [4.69, 9.17) is 0 Å². The van der Waals surface area contributed by atoms with Gasteiger partial charge in [-0.1, -0.05) is 6.07 Å². The van der Waals surface area contributed by atoms with E-state index >= 15 is 0 Å². The molecule has 102 valence electrons. The highest BCUT2D eigenvalue weighted by Crippen LogP contribution is 2.27. The molecule has 19 heavy (non-hydrogen) atoms. The Hall–Kier alpha value is -1.68. The maximum Gasteiger partial charge on any atom is 0.231 e. The van der Waals surface area contributed by atoms with E-state index in [2.05, 4.69) is 30.1 Å². The van der Waals surface area contributed by atoms with Gasteiger partial charge in [-0.25, -0.2) is 0 Å². The lowest BCUT2D eigenvalue weighted by Gasteiger charge is -2.18. The predicted octanol–water partition coefficient (Wildman–Crippen LogP) is 2.33. The number of carbonyl (C=O) groups is 2. The summed E-state index contributed by atoms with van der Waals surface area (Å²) in [6, 6.07) is 6.49. The minimum atomic E-state index is -0.244. The second kappa shape index (κ2) is 5.53. The topological polar surface area (TPSA) is 49.4 Å². The largest absolute Gasteiger partial charge is 0.326 e. The summed E-state index contributed by atoms with van der Waals surface area (Å²) in [7, 11) is 0. The molecule has 0 aliphatic carbocycles. The van der Waals surface area contributed by atoms with Gasteiger partial charge in [0.15, 0.2) is 0 Å². The summed E-state index contributed by atoms with van der Waals surface area (Å²) in [5.74, 6) is -0.365. The van der Waals surface area contributed by atoms with E-state index in [9.17, 15) is 9.59 Å². The summed E-state index contributed by atoms with van der Waals surface area (Å²) in [4.78, 5) is 24.8. The number of Topliss-reactive ketones (excluding diaryl/α,β-unsaturated/α-hetero) is 1. The number of rotatable bonds is 4. The van der Waals surface area contributed by atoms with E-state index in [1.807, 2.05) is 12.1 Å². The standard InChI is InChI=1S/C15H20N2O2/c1-10(2)17-8-12-4-5-14(7-13(12)9-17)16-15(19)6-11(3)18/h4-5,7,10H,6,8-9H2,1-3H3,(H,16,19). The molecule has 1 aromatic rings. The molecular formula is C15H20N2O2. The monoisotopic (exact) mass is 260 g/mol. The molecule has 0 aromatic heterocycles. The summed E-state index contributed by atoms with van der Waals surface area (Å²) in [6.07, 6.45) is -0.0603. The van der Waals surface area contributed by atoms with E-state index in [-0.39, 0.29) is 18.1 Å². The molecule has 0 atom stereocenters. The first-order valence-corrected chi connectivity index (χ1v) is 6.61. The number of fused-ring (bicyclic) bond motifs is 1. The second-order valence-electron chi connectivity index (χ2n) is 5.41. The molecule has 0 spiro atoms. The van der Waals surface area contributed by atoms with Crippen molar-refractivity contribution >= 4 is 17.4 Å². The molecular weight excluding hydrogens is 240 g/mol. The first-order chi connectivity index (χ1) is 8.95. The van der Waals surface area contributed by atoms with E-state index in [1.54, 1.807) is 0 Å². The van der Waals surface area contributed by atoms with E-state index in [0.717, 1.165) is 18.8 Å². The quantitative estimate of drug-likeness (QED) is 0.845.